The molecule has 3 rings (SSSR count). The molecule has 5 heteroatoms. The minimum atomic E-state index is -0.311. The van der Waals surface area contributed by atoms with Crippen molar-refractivity contribution in [1.82, 2.24) is 9.97 Å². The van der Waals surface area contributed by atoms with Crippen molar-refractivity contribution in [1.29, 1.82) is 0 Å². The first kappa shape index (κ1) is 11.7. The molecule has 0 aliphatic heterocycles. The highest BCUT2D eigenvalue weighted by molar-refractivity contribution is 6.31. The largest absolute Gasteiger partial charge is 0.394 e. The van der Waals surface area contributed by atoms with Crippen LogP contribution in [0.4, 0.5) is 5.69 Å². The number of nitrogens with one attached hydrogen (secondary N) is 1. The van der Waals surface area contributed by atoms with Crippen LogP contribution in [0, 0.1) is 0 Å². The van der Waals surface area contributed by atoms with E-state index in [1.54, 1.807) is 36.7 Å². The number of nitrogens with zero attached hydrogens (tertiary/aromatic N) is 1. The van der Waals surface area contributed by atoms with Crippen molar-refractivity contribution in [2.45, 2.75) is 0 Å². The van der Waals surface area contributed by atoms with Crippen molar-refractivity contribution in [2.24, 2.45) is 0 Å². The van der Waals surface area contributed by atoms with Gasteiger partial charge in [0, 0.05) is 39.4 Å². The number of anilines is 1. The number of nitrogens with two attached hydrogens (primary N) is 1. The summed E-state index contributed by atoms with van der Waals surface area (Å²) in [6, 6.07) is 8.93. The summed E-state index contributed by atoms with van der Waals surface area (Å²) in [6.45, 7) is 0. The maximum Gasteiger partial charge on any atom is 0.272 e. The van der Waals surface area contributed by atoms with E-state index < -0.39 is 0 Å². The summed E-state index contributed by atoms with van der Waals surface area (Å²) in [5, 5.41) is 1.39. The van der Waals surface area contributed by atoms with Gasteiger partial charge in [-0.3, -0.25) is 9.78 Å². The second-order valence-electron chi connectivity index (χ2n) is 4.17. The fourth-order valence-corrected chi connectivity index (χ4v) is 2.27. The van der Waals surface area contributed by atoms with Crippen molar-refractivity contribution in [3.63, 3.8) is 0 Å². The van der Waals surface area contributed by atoms with Crippen molar-refractivity contribution >= 4 is 28.2 Å². The maximum absolute atomic E-state index is 11.9. The van der Waals surface area contributed by atoms with Crippen LogP contribution in [0.15, 0.2) is 47.5 Å². The molecule has 0 aliphatic rings. The monoisotopic (exact) mass is 271 g/mol. The lowest BCUT2D eigenvalue weighted by Gasteiger charge is -2.09. The third kappa shape index (κ3) is 1.96. The van der Waals surface area contributed by atoms with Gasteiger partial charge in [0.2, 0.25) is 0 Å². The third-order valence-electron chi connectivity index (χ3n) is 2.96. The highest BCUT2D eigenvalue weighted by Crippen LogP contribution is 2.31. The van der Waals surface area contributed by atoms with E-state index >= 15 is 0 Å². The summed E-state index contributed by atoms with van der Waals surface area (Å²) in [4.78, 5) is 18.7. The quantitative estimate of drug-likeness (QED) is 0.715. The van der Waals surface area contributed by atoms with Crippen molar-refractivity contribution in [3.05, 3.63) is 58.1 Å². The van der Waals surface area contributed by atoms with Gasteiger partial charge in [-0.1, -0.05) is 17.7 Å². The molecule has 0 radical (unpaired) electrons. The molecule has 0 bridgehead atoms. The number of fused-ring (bicyclic) bond motifs is 1. The summed E-state index contributed by atoms with van der Waals surface area (Å²) in [7, 11) is 0. The lowest BCUT2D eigenvalue weighted by Crippen LogP contribution is -2.13. The molecular formula is C14H10ClN3O. The van der Waals surface area contributed by atoms with Gasteiger partial charge in [0.25, 0.3) is 5.56 Å². The van der Waals surface area contributed by atoms with Crippen molar-refractivity contribution in [2.75, 3.05) is 5.73 Å². The number of benzene rings is 1. The molecule has 1 aromatic carbocycles. The van der Waals surface area contributed by atoms with Crippen molar-refractivity contribution < 1.29 is 0 Å². The number of aromatic nitrogens is 2. The van der Waals surface area contributed by atoms with E-state index in [-0.39, 0.29) is 11.2 Å². The summed E-state index contributed by atoms with van der Waals surface area (Å²) >= 11 is 6.02. The lowest BCUT2D eigenvalue weighted by atomic mass is 10.0. The molecule has 0 aliphatic carbocycles. The van der Waals surface area contributed by atoms with Gasteiger partial charge in [0.05, 0.1) is 0 Å². The zero-order chi connectivity index (χ0) is 13.4. The van der Waals surface area contributed by atoms with E-state index in [1.165, 1.54) is 0 Å². The zero-order valence-electron chi connectivity index (χ0n) is 9.85. The molecule has 19 heavy (non-hydrogen) atoms. The number of H-pyrrole nitrogens is 1. The molecular weight excluding hydrogens is 262 g/mol. The topological polar surface area (TPSA) is 71.8 Å². The number of aromatic amines is 1. The first-order chi connectivity index (χ1) is 9.16. The minimum absolute atomic E-state index is 0.169. The molecule has 0 fully saturated rings. The molecule has 0 spiro atoms. The van der Waals surface area contributed by atoms with E-state index in [2.05, 4.69) is 9.97 Å². The first-order valence-electron chi connectivity index (χ1n) is 5.68. The Balaban J connectivity index is 2.48. The number of hydrogen-bond acceptors (Lipinski definition) is 3. The number of halogens is 1. The second-order valence-corrected chi connectivity index (χ2v) is 4.61. The van der Waals surface area contributed by atoms with E-state index in [0.717, 1.165) is 10.9 Å². The highest BCUT2D eigenvalue weighted by Gasteiger charge is 2.12. The number of nitrogen functional groups attached to an aromatic ring is 1. The summed E-state index contributed by atoms with van der Waals surface area (Å²) in [5.74, 6) is 0. The Labute approximate surface area is 113 Å². The third-order valence-corrected chi connectivity index (χ3v) is 3.20. The molecule has 0 saturated heterocycles. The van der Waals surface area contributed by atoms with E-state index in [4.69, 9.17) is 17.3 Å². The van der Waals surface area contributed by atoms with Gasteiger partial charge in [-0.25, -0.2) is 0 Å². The fraction of sp³-hybridized carbons (Fsp3) is 0. The van der Waals surface area contributed by atoms with E-state index in [9.17, 15) is 4.79 Å². The van der Waals surface area contributed by atoms with Gasteiger partial charge < -0.3 is 10.7 Å². The predicted octanol–water partition coefficient (Wildman–Crippen LogP) is 2.83. The van der Waals surface area contributed by atoms with Crippen LogP contribution < -0.4 is 11.3 Å². The van der Waals surface area contributed by atoms with Gasteiger partial charge >= 0.3 is 0 Å². The maximum atomic E-state index is 11.9. The Hall–Kier alpha value is -2.33. The molecule has 3 N–H and O–H groups in total. The minimum Gasteiger partial charge on any atom is -0.394 e. The SMILES string of the molecule is Nc1c(-c2cccnc2)c2cc(Cl)ccc2[nH]c1=O. The lowest BCUT2D eigenvalue weighted by molar-refractivity contribution is 1.30. The first-order valence-corrected chi connectivity index (χ1v) is 6.06. The molecule has 2 aromatic heterocycles. The average Bonchev–Trinajstić information content (AvgIpc) is 2.42. The highest BCUT2D eigenvalue weighted by atomic mass is 35.5. The van der Waals surface area contributed by atoms with Crippen molar-refractivity contribution in [3.8, 4) is 11.1 Å². The van der Waals surface area contributed by atoms with Gasteiger partial charge in [0.15, 0.2) is 0 Å². The molecule has 0 atom stereocenters. The van der Waals surface area contributed by atoms with Crippen LogP contribution in [-0.4, -0.2) is 9.97 Å². The smallest absolute Gasteiger partial charge is 0.272 e. The van der Waals surface area contributed by atoms with Gasteiger partial charge in [0.1, 0.15) is 5.69 Å². The average molecular weight is 272 g/mol. The van der Waals surface area contributed by atoms with E-state index in [0.29, 0.717) is 16.1 Å². The standard InChI is InChI=1S/C14H10ClN3O/c15-9-3-4-11-10(6-9)12(13(16)14(19)18-11)8-2-1-5-17-7-8/h1-7H,16H2,(H,18,19). The van der Waals surface area contributed by atoms with Crippen LogP contribution in [-0.2, 0) is 0 Å². The van der Waals surface area contributed by atoms with Crippen LogP contribution in [0.1, 0.15) is 0 Å². The molecule has 0 saturated carbocycles. The predicted molar refractivity (Wildman–Crippen MR) is 77.2 cm³/mol. The molecule has 0 amide bonds. The van der Waals surface area contributed by atoms with Gasteiger partial charge in [-0.05, 0) is 24.3 Å². The van der Waals surface area contributed by atoms with Crippen LogP contribution in [0.5, 0.6) is 0 Å². The normalized spacial score (nSPS) is 10.8. The molecule has 94 valence electrons. The molecule has 3 aromatic rings. The van der Waals surface area contributed by atoms with Crippen LogP contribution in [0.25, 0.3) is 22.0 Å². The Morgan fingerprint density at radius 2 is 2.11 bits per heavy atom. The van der Waals surface area contributed by atoms with Crippen LogP contribution >= 0.6 is 11.6 Å². The zero-order valence-corrected chi connectivity index (χ0v) is 10.6. The van der Waals surface area contributed by atoms with Gasteiger partial charge in [-0.15, -0.1) is 0 Å². The van der Waals surface area contributed by atoms with Crippen LogP contribution in [0.3, 0.4) is 0 Å². The molecule has 2 heterocycles. The summed E-state index contributed by atoms with van der Waals surface area (Å²) in [6.07, 6.45) is 3.34. The van der Waals surface area contributed by atoms with E-state index in [1.807, 2.05) is 6.07 Å². The summed E-state index contributed by atoms with van der Waals surface area (Å²) < 4.78 is 0. The number of rotatable bonds is 1. The Bertz CT molecular complexity index is 812. The second kappa shape index (κ2) is 4.40. The summed E-state index contributed by atoms with van der Waals surface area (Å²) in [5.41, 5.74) is 7.92. The molecule has 0 unspecified atom stereocenters. The fourth-order valence-electron chi connectivity index (χ4n) is 2.10. The number of hydrogen-bond donors (Lipinski definition) is 2. The van der Waals surface area contributed by atoms with Crippen LogP contribution in [0.2, 0.25) is 5.02 Å². The Morgan fingerprint density at radius 1 is 1.26 bits per heavy atom. The van der Waals surface area contributed by atoms with Gasteiger partial charge in [-0.2, -0.15) is 0 Å². The molecule has 4 nitrogen and oxygen atoms in total. The number of pyridine rings is 2. The Kier molecular flexibility index (Phi) is 2.72. The Morgan fingerprint density at radius 3 is 2.84 bits per heavy atom.